The summed E-state index contributed by atoms with van der Waals surface area (Å²) in [6.07, 6.45) is 7.33. The molecule has 20 heavy (non-hydrogen) atoms. The SMILES string of the molecule is Cc1c(O)cc(O)c(O)c1C12CC3CC(CC(C3)C1)C2. The molecule has 0 radical (unpaired) electrons. The molecular formula is C17H22O3. The Bertz CT molecular complexity index is 515. The molecule has 4 aliphatic carbocycles. The average Bonchev–Trinajstić information content (AvgIpc) is 2.34. The predicted octanol–water partition coefficient (Wildman–Crippen LogP) is 3.58. The summed E-state index contributed by atoms with van der Waals surface area (Å²) in [5, 5.41) is 30.3. The predicted molar refractivity (Wildman–Crippen MR) is 76.0 cm³/mol. The van der Waals surface area contributed by atoms with Gasteiger partial charge in [0.25, 0.3) is 0 Å². The Balaban J connectivity index is 1.89. The molecule has 0 aliphatic heterocycles. The summed E-state index contributed by atoms with van der Waals surface area (Å²) in [6, 6.07) is 1.26. The number of phenolic OH excluding ortho intramolecular Hbond substituents is 3. The van der Waals surface area contributed by atoms with Crippen molar-refractivity contribution in [1.82, 2.24) is 0 Å². The van der Waals surface area contributed by atoms with Gasteiger partial charge in [0.15, 0.2) is 11.5 Å². The van der Waals surface area contributed by atoms with E-state index in [1.807, 2.05) is 6.92 Å². The van der Waals surface area contributed by atoms with Crippen molar-refractivity contribution < 1.29 is 15.3 Å². The maximum absolute atomic E-state index is 10.4. The maximum atomic E-state index is 10.4. The van der Waals surface area contributed by atoms with Gasteiger partial charge >= 0.3 is 0 Å². The standard InChI is InChI=1S/C17H22O3/c1-9-13(18)5-14(19)16(20)15(9)17-6-10-2-11(7-17)4-12(3-10)8-17/h5,10-12,18-20H,2-4,6-8H2,1H3. The third-order valence-corrected chi connectivity index (χ3v) is 6.08. The first kappa shape index (κ1) is 12.4. The van der Waals surface area contributed by atoms with Crippen molar-refractivity contribution in [2.45, 2.75) is 50.9 Å². The summed E-state index contributed by atoms with van der Waals surface area (Å²) >= 11 is 0. The highest BCUT2D eigenvalue weighted by Crippen LogP contribution is 2.63. The van der Waals surface area contributed by atoms with Crippen LogP contribution in [0, 0.1) is 24.7 Å². The molecule has 0 spiro atoms. The first-order valence-electron chi connectivity index (χ1n) is 7.73. The molecule has 3 heteroatoms. The normalized spacial score (nSPS) is 38.4. The fraction of sp³-hybridized carbons (Fsp3) is 0.647. The third-order valence-electron chi connectivity index (χ3n) is 6.08. The van der Waals surface area contributed by atoms with E-state index in [1.54, 1.807) is 0 Å². The van der Waals surface area contributed by atoms with Crippen LogP contribution < -0.4 is 0 Å². The lowest BCUT2D eigenvalue weighted by molar-refractivity contribution is -0.00666. The Labute approximate surface area is 119 Å². The molecule has 1 aromatic carbocycles. The second-order valence-electron chi connectivity index (χ2n) is 7.46. The molecule has 108 valence electrons. The second-order valence-corrected chi connectivity index (χ2v) is 7.46. The molecule has 0 amide bonds. The summed E-state index contributed by atoms with van der Waals surface area (Å²) in [6.45, 7) is 1.86. The van der Waals surface area contributed by atoms with Gasteiger partial charge in [-0.1, -0.05) is 0 Å². The zero-order valence-corrected chi connectivity index (χ0v) is 11.9. The number of benzene rings is 1. The van der Waals surface area contributed by atoms with Crippen molar-refractivity contribution in [3.8, 4) is 17.2 Å². The van der Waals surface area contributed by atoms with Gasteiger partial charge in [-0.2, -0.15) is 0 Å². The van der Waals surface area contributed by atoms with Gasteiger partial charge in [0.2, 0.25) is 0 Å². The topological polar surface area (TPSA) is 60.7 Å². The van der Waals surface area contributed by atoms with E-state index in [9.17, 15) is 15.3 Å². The van der Waals surface area contributed by atoms with E-state index in [0.29, 0.717) is 0 Å². The van der Waals surface area contributed by atoms with E-state index >= 15 is 0 Å². The zero-order chi connectivity index (χ0) is 14.1. The van der Waals surface area contributed by atoms with E-state index in [-0.39, 0.29) is 22.7 Å². The van der Waals surface area contributed by atoms with Crippen LogP contribution in [-0.4, -0.2) is 15.3 Å². The summed E-state index contributed by atoms with van der Waals surface area (Å²) < 4.78 is 0. The first-order chi connectivity index (χ1) is 9.48. The van der Waals surface area contributed by atoms with Crippen LogP contribution in [0.4, 0.5) is 0 Å². The van der Waals surface area contributed by atoms with Crippen LogP contribution in [0.25, 0.3) is 0 Å². The van der Waals surface area contributed by atoms with Crippen molar-refractivity contribution in [3.63, 3.8) is 0 Å². The molecule has 4 bridgehead atoms. The molecule has 5 rings (SSSR count). The van der Waals surface area contributed by atoms with Crippen molar-refractivity contribution >= 4 is 0 Å². The molecule has 3 N–H and O–H groups in total. The summed E-state index contributed by atoms with van der Waals surface area (Å²) in [4.78, 5) is 0. The first-order valence-corrected chi connectivity index (χ1v) is 7.73. The van der Waals surface area contributed by atoms with Crippen LogP contribution in [0.1, 0.15) is 49.7 Å². The molecule has 4 aliphatic rings. The lowest BCUT2D eigenvalue weighted by Crippen LogP contribution is -2.48. The van der Waals surface area contributed by atoms with Gasteiger partial charge in [-0.25, -0.2) is 0 Å². The highest BCUT2D eigenvalue weighted by atomic mass is 16.3. The minimum absolute atomic E-state index is 0.00208. The van der Waals surface area contributed by atoms with E-state index in [4.69, 9.17) is 0 Å². The van der Waals surface area contributed by atoms with Crippen LogP contribution in [0.2, 0.25) is 0 Å². The van der Waals surface area contributed by atoms with Gasteiger partial charge in [-0.05, 0) is 68.8 Å². The maximum Gasteiger partial charge on any atom is 0.161 e. The van der Waals surface area contributed by atoms with Crippen LogP contribution >= 0.6 is 0 Å². The average molecular weight is 274 g/mol. The van der Waals surface area contributed by atoms with Gasteiger partial charge < -0.3 is 15.3 Å². The van der Waals surface area contributed by atoms with Gasteiger partial charge in [-0.15, -0.1) is 0 Å². The minimum Gasteiger partial charge on any atom is -0.508 e. The van der Waals surface area contributed by atoms with Crippen LogP contribution in [-0.2, 0) is 5.41 Å². The van der Waals surface area contributed by atoms with E-state index < -0.39 is 0 Å². The minimum atomic E-state index is -0.182. The Kier molecular flexibility index (Phi) is 2.37. The lowest BCUT2D eigenvalue weighted by atomic mass is 9.47. The Morgan fingerprint density at radius 3 is 1.90 bits per heavy atom. The third kappa shape index (κ3) is 1.52. The quantitative estimate of drug-likeness (QED) is 0.542. The van der Waals surface area contributed by atoms with Crippen molar-refractivity contribution in [2.75, 3.05) is 0 Å². The fourth-order valence-electron chi connectivity index (χ4n) is 5.81. The molecule has 0 saturated heterocycles. The van der Waals surface area contributed by atoms with E-state index in [2.05, 4.69) is 0 Å². The zero-order valence-electron chi connectivity index (χ0n) is 11.9. The smallest absolute Gasteiger partial charge is 0.161 e. The molecular weight excluding hydrogens is 252 g/mol. The summed E-state index contributed by atoms with van der Waals surface area (Å²) in [5.74, 6) is 2.23. The molecule has 4 fully saturated rings. The van der Waals surface area contributed by atoms with Gasteiger partial charge in [0.1, 0.15) is 5.75 Å². The van der Waals surface area contributed by atoms with Crippen molar-refractivity contribution in [1.29, 1.82) is 0 Å². The second kappa shape index (κ2) is 3.84. The monoisotopic (exact) mass is 274 g/mol. The Hall–Kier alpha value is -1.38. The highest BCUT2D eigenvalue weighted by Gasteiger charge is 2.53. The number of hydrogen-bond donors (Lipinski definition) is 3. The van der Waals surface area contributed by atoms with E-state index in [0.717, 1.165) is 48.1 Å². The number of phenols is 3. The van der Waals surface area contributed by atoms with Crippen molar-refractivity contribution in [2.24, 2.45) is 17.8 Å². The van der Waals surface area contributed by atoms with Crippen molar-refractivity contribution in [3.05, 3.63) is 17.2 Å². The largest absolute Gasteiger partial charge is 0.508 e. The molecule has 0 aromatic heterocycles. The molecule has 4 saturated carbocycles. The highest BCUT2D eigenvalue weighted by molar-refractivity contribution is 5.58. The van der Waals surface area contributed by atoms with Gasteiger partial charge in [-0.3, -0.25) is 0 Å². The molecule has 3 nitrogen and oxygen atoms in total. The lowest BCUT2D eigenvalue weighted by Gasteiger charge is -2.57. The van der Waals surface area contributed by atoms with Gasteiger partial charge in [0.05, 0.1) is 0 Å². The van der Waals surface area contributed by atoms with E-state index in [1.165, 1.54) is 25.3 Å². The van der Waals surface area contributed by atoms with Crippen LogP contribution in [0.15, 0.2) is 6.07 Å². The molecule has 0 unspecified atom stereocenters. The van der Waals surface area contributed by atoms with Crippen LogP contribution in [0.3, 0.4) is 0 Å². The Morgan fingerprint density at radius 2 is 1.40 bits per heavy atom. The number of rotatable bonds is 1. The van der Waals surface area contributed by atoms with Gasteiger partial charge in [0, 0.05) is 17.0 Å². The summed E-state index contributed by atoms with van der Waals surface area (Å²) in [5.41, 5.74) is 1.57. The van der Waals surface area contributed by atoms with Crippen LogP contribution in [0.5, 0.6) is 17.2 Å². The fourth-order valence-corrected chi connectivity index (χ4v) is 5.81. The Morgan fingerprint density at radius 1 is 0.900 bits per heavy atom. The summed E-state index contributed by atoms with van der Waals surface area (Å²) in [7, 11) is 0. The molecule has 0 heterocycles. The molecule has 0 atom stereocenters. The number of hydrogen-bond acceptors (Lipinski definition) is 3. The molecule has 1 aromatic rings. The number of aromatic hydroxyl groups is 3.